The lowest BCUT2D eigenvalue weighted by molar-refractivity contribution is -0.121. The summed E-state index contributed by atoms with van der Waals surface area (Å²) in [5, 5.41) is 5.87. The molecule has 0 saturated heterocycles. The number of amides is 1. The molecule has 3 aromatic carbocycles. The van der Waals surface area contributed by atoms with E-state index in [0.717, 1.165) is 39.9 Å². The SMILES string of the molecule is CCc1ccc2oc(Cc3ccc(NC(=S)NC(=O)COc4cc(C)cc(C)c4)cc3)nc2c1. The molecule has 0 aliphatic rings. The number of carbonyl (C=O) groups is 1. The van der Waals surface area contributed by atoms with Gasteiger partial charge in [-0.2, -0.15) is 0 Å². The number of aromatic nitrogens is 1. The molecule has 0 aliphatic heterocycles. The summed E-state index contributed by atoms with van der Waals surface area (Å²) in [6, 6.07) is 19.7. The first kappa shape index (κ1) is 23.4. The van der Waals surface area contributed by atoms with Crippen LogP contribution in [-0.4, -0.2) is 22.6 Å². The van der Waals surface area contributed by atoms with Crippen molar-refractivity contribution in [3.63, 3.8) is 0 Å². The van der Waals surface area contributed by atoms with Gasteiger partial charge in [0.1, 0.15) is 11.3 Å². The first-order valence-electron chi connectivity index (χ1n) is 11.2. The first-order valence-corrected chi connectivity index (χ1v) is 11.6. The third-order valence-electron chi connectivity index (χ3n) is 5.29. The first-order chi connectivity index (χ1) is 16.4. The van der Waals surface area contributed by atoms with E-state index in [0.29, 0.717) is 18.1 Å². The van der Waals surface area contributed by atoms with Crippen LogP contribution in [0.4, 0.5) is 5.69 Å². The van der Waals surface area contributed by atoms with Gasteiger partial charge in [-0.15, -0.1) is 0 Å². The van der Waals surface area contributed by atoms with E-state index < -0.39 is 0 Å². The van der Waals surface area contributed by atoms with E-state index in [1.54, 1.807) is 0 Å². The smallest absolute Gasteiger partial charge is 0.264 e. The highest BCUT2D eigenvalue weighted by atomic mass is 32.1. The van der Waals surface area contributed by atoms with Crippen molar-refractivity contribution in [1.82, 2.24) is 10.3 Å². The Morgan fingerprint density at radius 2 is 1.71 bits per heavy atom. The van der Waals surface area contributed by atoms with Gasteiger partial charge in [0, 0.05) is 12.1 Å². The number of carbonyl (C=O) groups excluding carboxylic acids is 1. The van der Waals surface area contributed by atoms with Crippen LogP contribution < -0.4 is 15.4 Å². The van der Waals surface area contributed by atoms with Crippen LogP contribution in [0, 0.1) is 13.8 Å². The van der Waals surface area contributed by atoms with Gasteiger partial charge in [0.25, 0.3) is 5.91 Å². The predicted octanol–water partition coefficient (Wildman–Crippen LogP) is 5.49. The van der Waals surface area contributed by atoms with E-state index in [4.69, 9.17) is 21.4 Å². The van der Waals surface area contributed by atoms with Gasteiger partial charge < -0.3 is 14.5 Å². The molecule has 0 aliphatic carbocycles. The summed E-state index contributed by atoms with van der Waals surface area (Å²) in [6.07, 6.45) is 1.56. The lowest BCUT2D eigenvalue weighted by Gasteiger charge is -2.11. The van der Waals surface area contributed by atoms with Crippen LogP contribution in [0.1, 0.15) is 35.1 Å². The Balaban J connectivity index is 1.28. The fourth-order valence-electron chi connectivity index (χ4n) is 3.69. The van der Waals surface area contributed by atoms with Crippen molar-refractivity contribution in [2.45, 2.75) is 33.6 Å². The second-order valence-electron chi connectivity index (χ2n) is 8.25. The maximum Gasteiger partial charge on any atom is 0.264 e. The van der Waals surface area contributed by atoms with Gasteiger partial charge in [-0.05, 0) is 91.1 Å². The summed E-state index contributed by atoms with van der Waals surface area (Å²) < 4.78 is 11.4. The van der Waals surface area contributed by atoms with Crippen LogP contribution in [0.2, 0.25) is 0 Å². The fourth-order valence-corrected chi connectivity index (χ4v) is 3.92. The fraction of sp³-hybridized carbons (Fsp3) is 0.222. The molecule has 2 N–H and O–H groups in total. The summed E-state index contributed by atoms with van der Waals surface area (Å²) in [4.78, 5) is 16.8. The molecular weight excluding hydrogens is 446 g/mol. The number of rotatable bonds is 7. The molecule has 0 saturated carbocycles. The van der Waals surface area contributed by atoms with Gasteiger partial charge in [0.05, 0.1) is 0 Å². The van der Waals surface area contributed by atoms with Gasteiger partial charge in [0.15, 0.2) is 23.2 Å². The molecule has 0 unspecified atom stereocenters. The summed E-state index contributed by atoms with van der Waals surface area (Å²) >= 11 is 5.26. The summed E-state index contributed by atoms with van der Waals surface area (Å²) in [6.45, 7) is 5.97. The van der Waals surface area contributed by atoms with E-state index in [9.17, 15) is 4.79 Å². The molecule has 0 spiro atoms. The zero-order valence-corrected chi connectivity index (χ0v) is 20.3. The van der Waals surface area contributed by atoms with Crippen molar-refractivity contribution in [2.75, 3.05) is 11.9 Å². The molecule has 174 valence electrons. The van der Waals surface area contributed by atoms with Gasteiger partial charge in [-0.1, -0.05) is 31.2 Å². The average molecular weight is 474 g/mol. The van der Waals surface area contributed by atoms with Crippen LogP contribution in [0.5, 0.6) is 5.75 Å². The highest BCUT2D eigenvalue weighted by Gasteiger charge is 2.09. The number of benzene rings is 3. The molecule has 1 aromatic heterocycles. The van der Waals surface area contributed by atoms with Crippen molar-refractivity contribution < 1.29 is 13.9 Å². The number of ether oxygens (including phenoxy) is 1. The molecule has 0 radical (unpaired) electrons. The molecule has 4 aromatic rings. The molecule has 7 heteroatoms. The van der Waals surface area contributed by atoms with E-state index >= 15 is 0 Å². The number of oxazole rings is 1. The largest absolute Gasteiger partial charge is 0.484 e. The Hall–Kier alpha value is -3.71. The quantitative estimate of drug-likeness (QED) is 0.346. The van der Waals surface area contributed by atoms with E-state index in [2.05, 4.69) is 34.7 Å². The third kappa shape index (κ3) is 6.20. The molecule has 4 rings (SSSR count). The lowest BCUT2D eigenvalue weighted by atomic mass is 10.1. The minimum absolute atomic E-state index is 0.117. The highest BCUT2D eigenvalue weighted by Crippen LogP contribution is 2.20. The normalized spacial score (nSPS) is 10.8. The van der Waals surface area contributed by atoms with Crippen molar-refractivity contribution in [3.8, 4) is 5.75 Å². The minimum Gasteiger partial charge on any atom is -0.484 e. The number of thiocarbonyl (C=S) groups is 1. The van der Waals surface area contributed by atoms with Crippen LogP contribution in [0.25, 0.3) is 11.1 Å². The zero-order valence-electron chi connectivity index (χ0n) is 19.5. The second kappa shape index (κ2) is 10.5. The van der Waals surface area contributed by atoms with Gasteiger partial charge in [-0.3, -0.25) is 10.1 Å². The van der Waals surface area contributed by atoms with Crippen LogP contribution >= 0.6 is 12.2 Å². The maximum absolute atomic E-state index is 12.2. The maximum atomic E-state index is 12.2. The van der Waals surface area contributed by atoms with Crippen molar-refractivity contribution >= 4 is 40.0 Å². The monoisotopic (exact) mass is 473 g/mol. The molecule has 0 bridgehead atoms. The minimum atomic E-state index is -0.324. The van der Waals surface area contributed by atoms with Gasteiger partial charge >= 0.3 is 0 Å². The van der Waals surface area contributed by atoms with Crippen molar-refractivity contribution in [1.29, 1.82) is 0 Å². The topological polar surface area (TPSA) is 76.4 Å². The lowest BCUT2D eigenvalue weighted by Crippen LogP contribution is -2.37. The molecule has 6 nitrogen and oxygen atoms in total. The van der Waals surface area contributed by atoms with Crippen LogP contribution in [0.3, 0.4) is 0 Å². The third-order valence-corrected chi connectivity index (χ3v) is 5.49. The average Bonchev–Trinajstić information content (AvgIpc) is 3.19. The number of nitrogens with one attached hydrogen (secondary N) is 2. The number of nitrogens with zero attached hydrogens (tertiary/aromatic N) is 1. The second-order valence-corrected chi connectivity index (χ2v) is 8.66. The summed E-state index contributed by atoms with van der Waals surface area (Å²) in [5.41, 5.74) is 6.92. The molecule has 1 heterocycles. The number of hydrogen-bond acceptors (Lipinski definition) is 5. The summed E-state index contributed by atoms with van der Waals surface area (Å²) in [7, 11) is 0. The van der Waals surface area contributed by atoms with E-state index in [-0.39, 0.29) is 17.6 Å². The summed E-state index contributed by atoms with van der Waals surface area (Å²) in [5.74, 6) is 1.01. The van der Waals surface area contributed by atoms with E-state index in [1.807, 2.05) is 62.4 Å². The molecule has 34 heavy (non-hydrogen) atoms. The van der Waals surface area contributed by atoms with Crippen molar-refractivity contribution in [3.05, 3.63) is 88.8 Å². The molecule has 0 atom stereocenters. The van der Waals surface area contributed by atoms with E-state index in [1.165, 1.54) is 5.56 Å². The zero-order chi connectivity index (χ0) is 24.1. The Kier molecular flexibility index (Phi) is 7.23. The van der Waals surface area contributed by atoms with Crippen LogP contribution in [-0.2, 0) is 17.6 Å². The van der Waals surface area contributed by atoms with Crippen LogP contribution in [0.15, 0.2) is 65.1 Å². The standard InChI is InChI=1S/C27H27N3O3S/c1-4-19-7-10-24-23(14-19)29-26(33-24)15-20-5-8-21(9-6-20)28-27(34)30-25(31)16-32-22-12-17(2)11-18(3)13-22/h5-14H,4,15-16H2,1-3H3,(H2,28,30,31,34). The number of aryl methyl sites for hydroxylation is 3. The van der Waals surface area contributed by atoms with Gasteiger partial charge in [-0.25, -0.2) is 4.98 Å². The highest BCUT2D eigenvalue weighted by molar-refractivity contribution is 7.80. The predicted molar refractivity (Wildman–Crippen MR) is 138 cm³/mol. The number of hydrogen-bond donors (Lipinski definition) is 2. The Morgan fingerprint density at radius 3 is 2.41 bits per heavy atom. The Labute approximate surface area is 204 Å². The number of fused-ring (bicyclic) bond motifs is 1. The molecule has 0 fully saturated rings. The van der Waals surface area contributed by atoms with Gasteiger partial charge in [0.2, 0.25) is 0 Å². The molecule has 1 amide bonds. The molecular formula is C27H27N3O3S. The van der Waals surface area contributed by atoms with Crippen molar-refractivity contribution in [2.24, 2.45) is 0 Å². The number of anilines is 1. The Bertz CT molecular complexity index is 1310. The Morgan fingerprint density at radius 1 is 1.00 bits per heavy atom.